The van der Waals surface area contributed by atoms with E-state index >= 15 is 0 Å². The van der Waals surface area contributed by atoms with E-state index in [1.165, 1.54) is 11.1 Å². The van der Waals surface area contributed by atoms with Gasteiger partial charge in [-0.2, -0.15) is 10.4 Å². The second kappa shape index (κ2) is 3.72. The van der Waals surface area contributed by atoms with Crippen LogP contribution in [-0.2, 0) is 0 Å². The largest absolute Gasteiger partial charge is 0.325 e. The molecule has 0 aliphatic carbocycles. The molecule has 0 aliphatic heterocycles. The first-order chi connectivity index (χ1) is 6.16. The van der Waals surface area contributed by atoms with Crippen LogP contribution in [0.2, 0.25) is 0 Å². The van der Waals surface area contributed by atoms with Crippen molar-refractivity contribution in [1.29, 1.82) is 5.26 Å². The van der Waals surface area contributed by atoms with Crippen LogP contribution in [0.3, 0.4) is 0 Å². The first-order valence-corrected chi connectivity index (χ1v) is 3.83. The fraction of sp³-hybridized carbons (Fsp3) is 0.375. The van der Waals surface area contributed by atoms with Gasteiger partial charge in [-0.05, 0) is 13.0 Å². The van der Waals surface area contributed by atoms with Gasteiger partial charge in [0, 0.05) is 13.2 Å². The van der Waals surface area contributed by atoms with Gasteiger partial charge in [-0.25, -0.2) is 0 Å². The third-order valence-electron chi connectivity index (χ3n) is 1.82. The molecule has 0 bridgehead atoms. The highest BCUT2D eigenvalue weighted by Gasteiger charge is 2.17. The zero-order valence-corrected chi connectivity index (χ0v) is 7.48. The van der Waals surface area contributed by atoms with E-state index in [0.717, 1.165) is 0 Å². The lowest BCUT2D eigenvalue weighted by Crippen LogP contribution is -2.34. The van der Waals surface area contributed by atoms with Gasteiger partial charge in [-0.15, -0.1) is 0 Å². The number of rotatable bonds is 2. The molecule has 1 unspecified atom stereocenters. The van der Waals surface area contributed by atoms with Crippen molar-refractivity contribution in [3.05, 3.63) is 18.0 Å². The fourth-order valence-corrected chi connectivity index (χ4v) is 0.827. The van der Waals surface area contributed by atoms with Gasteiger partial charge in [0.15, 0.2) is 0 Å². The summed E-state index contributed by atoms with van der Waals surface area (Å²) >= 11 is 0. The Labute approximate surface area is 76.0 Å². The molecule has 5 nitrogen and oxygen atoms in total. The van der Waals surface area contributed by atoms with E-state index in [1.54, 1.807) is 20.0 Å². The standard InChI is InChI=1S/C8H10N4O/c1-6(5-9)12(2)8(13)7-3-4-10-11-7/h3-4,6H,1-2H3,(H,10,11). The number of aromatic amines is 1. The second-order valence-electron chi connectivity index (χ2n) is 2.69. The van der Waals surface area contributed by atoms with Crippen LogP contribution in [0.15, 0.2) is 12.3 Å². The summed E-state index contributed by atoms with van der Waals surface area (Å²) in [6.07, 6.45) is 1.50. The van der Waals surface area contributed by atoms with E-state index in [4.69, 9.17) is 5.26 Å². The number of carbonyl (C=O) groups is 1. The first-order valence-electron chi connectivity index (χ1n) is 3.83. The summed E-state index contributed by atoms with van der Waals surface area (Å²) in [5.74, 6) is -0.230. The molecule has 68 valence electrons. The third kappa shape index (κ3) is 1.85. The van der Waals surface area contributed by atoms with Gasteiger partial charge in [0.05, 0.1) is 6.07 Å². The Morgan fingerprint density at radius 2 is 2.54 bits per heavy atom. The molecule has 0 radical (unpaired) electrons. The maximum absolute atomic E-state index is 11.5. The molecule has 1 amide bonds. The SMILES string of the molecule is CC(C#N)N(C)C(=O)c1ccn[nH]1. The van der Waals surface area contributed by atoms with Crippen LogP contribution in [-0.4, -0.2) is 34.1 Å². The van der Waals surface area contributed by atoms with Crippen LogP contribution in [0.4, 0.5) is 0 Å². The van der Waals surface area contributed by atoms with Crippen molar-refractivity contribution >= 4 is 5.91 Å². The van der Waals surface area contributed by atoms with Gasteiger partial charge in [0.1, 0.15) is 11.7 Å². The molecule has 0 saturated heterocycles. The maximum Gasteiger partial charge on any atom is 0.272 e. The molecule has 0 aromatic carbocycles. The Hall–Kier alpha value is -1.83. The Kier molecular flexibility index (Phi) is 2.65. The highest BCUT2D eigenvalue weighted by molar-refractivity contribution is 5.92. The molecule has 1 N–H and O–H groups in total. The monoisotopic (exact) mass is 178 g/mol. The van der Waals surface area contributed by atoms with Crippen LogP contribution in [0, 0.1) is 11.3 Å². The van der Waals surface area contributed by atoms with Crippen LogP contribution in [0.25, 0.3) is 0 Å². The van der Waals surface area contributed by atoms with Gasteiger partial charge in [-0.3, -0.25) is 9.89 Å². The lowest BCUT2D eigenvalue weighted by atomic mass is 10.3. The second-order valence-corrected chi connectivity index (χ2v) is 2.69. The molecular formula is C8H10N4O. The number of H-pyrrole nitrogens is 1. The number of nitrogens with zero attached hydrogens (tertiary/aromatic N) is 3. The molecule has 0 aliphatic rings. The highest BCUT2D eigenvalue weighted by atomic mass is 16.2. The van der Waals surface area contributed by atoms with E-state index in [-0.39, 0.29) is 5.91 Å². The van der Waals surface area contributed by atoms with Crippen LogP contribution < -0.4 is 0 Å². The molecule has 1 rings (SSSR count). The quantitative estimate of drug-likeness (QED) is 0.712. The smallest absolute Gasteiger partial charge is 0.272 e. The number of hydrogen-bond donors (Lipinski definition) is 1. The van der Waals surface area contributed by atoms with Crippen molar-refractivity contribution in [3.8, 4) is 6.07 Å². The van der Waals surface area contributed by atoms with Gasteiger partial charge in [0.2, 0.25) is 0 Å². The Balaban J connectivity index is 2.75. The fourth-order valence-electron chi connectivity index (χ4n) is 0.827. The topological polar surface area (TPSA) is 72.8 Å². The Bertz CT molecular complexity index is 324. The van der Waals surface area contributed by atoms with Crippen molar-refractivity contribution in [3.63, 3.8) is 0 Å². The van der Waals surface area contributed by atoms with E-state index in [2.05, 4.69) is 10.2 Å². The Morgan fingerprint density at radius 1 is 1.85 bits per heavy atom. The molecule has 0 saturated carbocycles. The predicted octanol–water partition coefficient (Wildman–Crippen LogP) is 0.394. The van der Waals surface area contributed by atoms with Crippen molar-refractivity contribution < 1.29 is 4.79 Å². The summed E-state index contributed by atoms with van der Waals surface area (Å²) in [4.78, 5) is 12.9. The molecule has 1 aromatic heterocycles. The average Bonchev–Trinajstić information content (AvgIpc) is 2.67. The summed E-state index contributed by atoms with van der Waals surface area (Å²) in [6, 6.07) is 3.12. The minimum atomic E-state index is -0.434. The highest BCUT2D eigenvalue weighted by Crippen LogP contribution is 2.01. The van der Waals surface area contributed by atoms with Crippen LogP contribution >= 0.6 is 0 Å². The normalized spacial score (nSPS) is 11.8. The zero-order chi connectivity index (χ0) is 9.84. The third-order valence-corrected chi connectivity index (χ3v) is 1.82. The van der Waals surface area contributed by atoms with Crippen molar-refractivity contribution in [2.75, 3.05) is 7.05 Å². The summed E-state index contributed by atoms with van der Waals surface area (Å²) < 4.78 is 0. The average molecular weight is 178 g/mol. The number of carbonyl (C=O) groups excluding carboxylic acids is 1. The Morgan fingerprint density at radius 3 is 3.00 bits per heavy atom. The lowest BCUT2D eigenvalue weighted by Gasteiger charge is -2.17. The number of aromatic nitrogens is 2. The molecule has 1 aromatic rings. The number of nitriles is 1. The molecule has 13 heavy (non-hydrogen) atoms. The van der Waals surface area contributed by atoms with E-state index < -0.39 is 6.04 Å². The van der Waals surface area contributed by atoms with Gasteiger partial charge in [0.25, 0.3) is 5.91 Å². The maximum atomic E-state index is 11.5. The lowest BCUT2D eigenvalue weighted by molar-refractivity contribution is 0.0767. The number of nitrogens with one attached hydrogen (secondary N) is 1. The molecule has 1 atom stereocenters. The van der Waals surface area contributed by atoms with Crippen molar-refractivity contribution in [1.82, 2.24) is 15.1 Å². The molecule has 0 spiro atoms. The van der Waals surface area contributed by atoms with E-state index in [9.17, 15) is 4.79 Å². The molecular weight excluding hydrogens is 168 g/mol. The molecule has 1 heterocycles. The minimum absolute atomic E-state index is 0.230. The summed E-state index contributed by atoms with van der Waals surface area (Å²) in [5, 5.41) is 14.8. The summed E-state index contributed by atoms with van der Waals surface area (Å²) in [7, 11) is 1.58. The van der Waals surface area contributed by atoms with Crippen LogP contribution in [0.5, 0.6) is 0 Å². The van der Waals surface area contributed by atoms with Gasteiger partial charge >= 0.3 is 0 Å². The van der Waals surface area contributed by atoms with Gasteiger partial charge < -0.3 is 4.90 Å². The molecule has 0 fully saturated rings. The summed E-state index contributed by atoms with van der Waals surface area (Å²) in [5.41, 5.74) is 0.393. The summed E-state index contributed by atoms with van der Waals surface area (Å²) in [6.45, 7) is 1.66. The number of hydrogen-bond acceptors (Lipinski definition) is 3. The minimum Gasteiger partial charge on any atom is -0.325 e. The molecule has 5 heteroatoms. The van der Waals surface area contributed by atoms with Gasteiger partial charge in [-0.1, -0.05) is 0 Å². The number of amides is 1. The van der Waals surface area contributed by atoms with Crippen molar-refractivity contribution in [2.45, 2.75) is 13.0 Å². The van der Waals surface area contributed by atoms with E-state index in [1.807, 2.05) is 6.07 Å². The van der Waals surface area contributed by atoms with E-state index in [0.29, 0.717) is 5.69 Å². The van der Waals surface area contributed by atoms with Crippen LogP contribution in [0.1, 0.15) is 17.4 Å². The first kappa shape index (κ1) is 9.26. The predicted molar refractivity (Wildman–Crippen MR) is 45.8 cm³/mol. The zero-order valence-electron chi connectivity index (χ0n) is 7.48. The van der Waals surface area contributed by atoms with Crippen molar-refractivity contribution in [2.24, 2.45) is 0 Å².